The van der Waals surface area contributed by atoms with Crippen LogP contribution in [-0.2, 0) is 22.6 Å². The van der Waals surface area contributed by atoms with Gasteiger partial charge in [-0.3, -0.25) is 9.59 Å². The number of nitrogens with one attached hydrogen (secondary N) is 1. The second-order valence-electron chi connectivity index (χ2n) is 8.60. The van der Waals surface area contributed by atoms with E-state index in [0.29, 0.717) is 44.1 Å². The van der Waals surface area contributed by atoms with Crippen LogP contribution in [0.3, 0.4) is 0 Å². The van der Waals surface area contributed by atoms with Gasteiger partial charge in [-0.25, -0.2) is 0 Å². The Kier molecular flexibility index (Phi) is 11.4. The zero-order valence-electron chi connectivity index (χ0n) is 21.9. The number of hydrogen-bond acceptors (Lipinski definition) is 5. The van der Waals surface area contributed by atoms with Crippen LogP contribution in [0.5, 0.6) is 17.2 Å². The number of hydrogen-bond donors (Lipinski definition) is 1. The van der Waals surface area contributed by atoms with Gasteiger partial charge < -0.3 is 24.4 Å². The highest BCUT2D eigenvalue weighted by Gasteiger charge is 2.28. The Morgan fingerprint density at radius 3 is 2.11 bits per heavy atom. The van der Waals surface area contributed by atoms with Crippen LogP contribution >= 0.6 is 0 Å². The molecule has 0 aromatic heterocycles. The van der Waals surface area contributed by atoms with Crippen molar-refractivity contribution in [3.63, 3.8) is 0 Å². The molecular formula is C28H40N2O5. The van der Waals surface area contributed by atoms with Gasteiger partial charge in [0.05, 0.1) is 20.3 Å². The second kappa shape index (κ2) is 14.2. The Morgan fingerprint density at radius 2 is 1.54 bits per heavy atom. The summed E-state index contributed by atoms with van der Waals surface area (Å²) < 4.78 is 16.6. The molecule has 1 atom stereocenters. The molecule has 0 aliphatic rings. The highest BCUT2D eigenvalue weighted by molar-refractivity contribution is 5.87. The van der Waals surface area contributed by atoms with Crippen molar-refractivity contribution in [3.8, 4) is 17.2 Å². The number of nitrogens with zero attached hydrogens (tertiary/aromatic N) is 1. The minimum atomic E-state index is -0.550. The SMILES string of the molecule is CCOc1ccc(CCC(=O)N(Cc2ccc(OC)cc2)[C@H](CC)C(=O)NC(C)C)cc1OCC. The number of methoxy groups -OCH3 is 1. The van der Waals surface area contributed by atoms with Gasteiger partial charge in [0, 0.05) is 19.0 Å². The predicted molar refractivity (Wildman–Crippen MR) is 138 cm³/mol. The minimum Gasteiger partial charge on any atom is -0.497 e. The first-order chi connectivity index (χ1) is 16.8. The predicted octanol–water partition coefficient (Wildman–Crippen LogP) is 4.76. The molecule has 0 saturated carbocycles. The van der Waals surface area contributed by atoms with Gasteiger partial charge in [0.2, 0.25) is 11.8 Å². The van der Waals surface area contributed by atoms with Crippen molar-refractivity contribution in [2.24, 2.45) is 0 Å². The third-order valence-corrected chi connectivity index (χ3v) is 5.56. The van der Waals surface area contributed by atoms with Gasteiger partial charge in [0.15, 0.2) is 11.5 Å². The van der Waals surface area contributed by atoms with E-state index in [2.05, 4.69) is 5.32 Å². The molecule has 1 N–H and O–H groups in total. The van der Waals surface area contributed by atoms with Crippen molar-refractivity contribution in [2.75, 3.05) is 20.3 Å². The standard InChI is InChI=1S/C28H40N2O5/c1-7-24(28(32)29-20(4)5)30(19-22-10-14-23(33-6)15-11-22)27(31)17-13-21-12-16-25(34-8-2)26(18-21)35-9-3/h10-12,14-16,18,20,24H,7-9,13,17,19H2,1-6H3,(H,29,32)/t24-/m1/s1. The van der Waals surface area contributed by atoms with Crippen LogP contribution in [-0.4, -0.2) is 49.1 Å². The summed E-state index contributed by atoms with van der Waals surface area (Å²) in [6, 6.07) is 12.8. The number of rotatable bonds is 14. The molecule has 2 aromatic rings. The quantitative estimate of drug-likeness (QED) is 0.418. The van der Waals surface area contributed by atoms with Crippen LogP contribution in [0, 0.1) is 0 Å². The van der Waals surface area contributed by atoms with Crippen molar-refractivity contribution in [1.82, 2.24) is 10.2 Å². The third kappa shape index (κ3) is 8.50. The van der Waals surface area contributed by atoms with E-state index in [4.69, 9.17) is 14.2 Å². The average molecular weight is 485 g/mol. The molecule has 0 heterocycles. The number of ether oxygens (including phenoxy) is 3. The van der Waals surface area contributed by atoms with E-state index in [-0.39, 0.29) is 24.3 Å². The molecule has 0 spiro atoms. The molecule has 0 unspecified atom stereocenters. The summed E-state index contributed by atoms with van der Waals surface area (Å²) in [4.78, 5) is 28.1. The lowest BCUT2D eigenvalue weighted by Crippen LogP contribution is -2.50. The monoisotopic (exact) mass is 484 g/mol. The smallest absolute Gasteiger partial charge is 0.243 e. The van der Waals surface area contributed by atoms with Gasteiger partial charge in [-0.05, 0) is 75.9 Å². The lowest BCUT2D eigenvalue weighted by Gasteiger charge is -2.31. The number of carbonyl (C=O) groups is 2. The average Bonchev–Trinajstić information content (AvgIpc) is 2.84. The zero-order valence-corrected chi connectivity index (χ0v) is 21.9. The molecule has 2 aromatic carbocycles. The summed E-state index contributed by atoms with van der Waals surface area (Å²) in [5.74, 6) is 1.92. The number of amides is 2. The van der Waals surface area contributed by atoms with Crippen molar-refractivity contribution >= 4 is 11.8 Å². The molecule has 192 valence electrons. The maximum atomic E-state index is 13.5. The summed E-state index contributed by atoms with van der Waals surface area (Å²) in [6.45, 7) is 11.1. The van der Waals surface area contributed by atoms with Gasteiger partial charge in [-0.15, -0.1) is 0 Å². The Balaban J connectivity index is 2.23. The van der Waals surface area contributed by atoms with Crippen LogP contribution in [0.25, 0.3) is 0 Å². The lowest BCUT2D eigenvalue weighted by atomic mass is 10.1. The van der Waals surface area contributed by atoms with Crippen LogP contribution in [0.2, 0.25) is 0 Å². The van der Waals surface area contributed by atoms with Gasteiger partial charge in [-0.1, -0.05) is 25.1 Å². The van der Waals surface area contributed by atoms with Gasteiger partial charge in [0.25, 0.3) is 0 Å². The van der Waals surface area contributed by atoms with Crippen LogP contribution in [0.15, 0.2) is 42.5 Å². The Bertz CT molecular complexity index is 943. The van der Waals surface area contributed by atoms with Gasteiger partial charge >= 0.3 is 0 Å². The summed E-state index contributed by atoms with van der Waals surface area (Å²) >= 11 is 0. The molecule has 2 rings (SSSR count). The normalized spacial score (nSPS) is 11.6. The number of aryl methyl sites for hydroxylation is 1. The molecule has 0 aliphatic carbocycles. The van der Waals surface area contributed by atoms with Crippen molar-refractivity contribution in [2.45, 2.75) is 72.5 Å². The van der Waals surface area contributed by atoms with E-state index >= 15 is 0 Å². The van der Waals surface area contributed by atoms with Crippen LogP contribution < -0.4 is 19.5 Å². The zero-order chi connectivity index (χ0) is 25.8. The highest BCUT2D eigenvalue weighted by atomic mass is 16.5. The fourth-order valence-corrected chi connectivity index (χ4v) is 3.87. The van der Waals surface area contributed by atoms with Gasteiger partial charge in [0.1, 0.15) is 11.8 Å². The summed E-state index contributed by atoms with van der Waals surface area (Å²) in [5, 5.41) is 2.96. The fraction of sp³-hybridized carbons (Fsp3) is 0.500. The molecule has 0 saturated heterocycles. The second-order valence-corrected chi connectivity index (χ2v) is 8.60. The topological polar surface area (TPSA) is 77.1 Å². The molecule has 35 heavy (non-hydrogen) atoms. The molecule has 0 bridgehead atoms. The summed E-state index contributed by atoms with van der Waals surface area (Å²) in [6.07, 6.45) is 1.34. The van der Waals surface area contributed by atoms with E-state index < -0.39 is 6.04 Å². The van der Waals surface area contributed by atoms with E-state index in [9.17, 15) is 9.59 Å². The molecule has 7 nitrogen and oxygen atoms in total. The van der Waals surface area contributed by atoms with Crippen molar-refractivity contribution < 1.29 is 23.8 Å². The number of carbonyl (C=O) groups excluding carboxylic acids is 2. The van der Waals surface area contributed by atoms with Crippen LogP contribution in [0.1, 0.15) is 58.6 Å². The van der Waals surface area contributed by atoms with Crippen molar-refractivity contribution in [1.29, 1.82) is 0 Å². The summed E-state index contributed by atoms with van der Waals surface area (Å²) in [7, 11) is 1.62. The molecule has 0 aliphatic heterocycles. The highest BCUT2D eigenvalue weighted by Crippen LogP contribution is 2.29. The molecule has 2 amide bonds. The first-order valence-electron chi connectivity index (χ1n) is 12.4. The minimum absolute atomic E-state index is 0.00432. The number of benzene rings is 2. The lowest BCUT2D eigenvalue weighted by molar-refractivity contribution is -0.141. The van der Waals surface area contributed by atoms with Crippen molar-refractivity contribution in [3.05, 3.63) is 53.6 Å². The first kappa shape index (κ1) is 28.0. The first-order valence-corrected chi connectivity index (χ1v) is 12.4. The fourth-order valence-electron chi connectivity index (χ4n) is 3.87. The molecule has 0 fully saturated rings. The van der Waals surface area contributed by atoms with E-state index in [1.165, 1.54) is 0 Å². The summed E-state index contributed by atoms with van der Waals surface area (Å²) in [5.41, 5.74) is 1.92. The maximum Gasteiger partial charge on any atom is 0.243 e. The van der Waals surface area contributed by atoms with E-state index in [0.717, 1.165) is 16.9 Å². The molecular weight excluding hydrogens is 444 g/mol. The largest absolute Gasteiger partial charge is 0.497 e. The van der Waals surface area contributed by atoms with E-state index in [1.54, 1.807) is 12.0 Å². The van der Waals surface area contributed by atoms with E-state index in [1.807, 2.05) is 77.1 Å². The maximum absolute atomic E-state index is 13.5. The third-order valence-electron chi connectivity index (χ3n) is 5.56. The molecule has 0 radical (unpaired) electrons. The van der Waals surface area contributed by atoms with Crippen LogP contribution in [0.4, 0.5) is 0 Å². The Hall–Kier alpha value is -3.22. The molecule has 7 heteroatoms. The Morgan fingerprint density at radius 1 is 0.914 bits per heavy atom. The Labute approximate surface area is 209 Å². The van der Waals surface area contributed by atoms with Gasteiger partial charge in [-0.2, -0.15) is 0 Å².